The van der Waals surface area contributed by atoms with E-state index in [0.29, 0.717) is 19.3 Å². The monoisotopic (exact) mass is 257 g/mol. The van der Waals surface area contributed by atoms with Crippen molar-refractivity contribution in [2.75, 3.05) is 0 Å². The Morgan fingerprint density at radius 2 is 1.75 bits per heavy atom. The van der Waals surface area contributed by atoms with Gasteiger partial charge in [-0.1, -0.05) is 12.8 Å². The van der Waals surface area contributed by atoms with Gasteiger partial charge in [0.25, 0.3) is 0 Å². The van der Waals surface area contributed by atoms with Gasteiger partial charge in [0.1, 0.15) is 0 Å². The van der Waals surface area contributed by atoms with Crippen LogP contribution in [0.1, 0.15) is 25.7 Å². The third kappa shape index (κ3) is 3.37. The normalized spacial score (nSPS) is 26.2. The SMILES string of the molecule is O=C(Cl)C1CCCCC1NC(=O)C(F)(F)F. The van der Waals surface area contributed by atoms with Crippen LogP contribution < -0.4 is 5.32 Å². The Bertz CT molecular complexity index is 293. The van der Waals surface area contributed by atoms with Crippen molar-refractivity contribution in [1.29, 1.82) is 0 Å². The van der Waals surface area contributed by atoms with Gasteiger partial charge in [-0.25, -0.2) is 0 Å². The minimum Gasteiger partial charge on any atom is -0.345 e. The lowest BCUT2D eigenvalue weighted by Crippen LogP contribution is -2.48. The standard InChI is InChI=1S/C9H11ClF3NO2/c10-7(15)5-3-1-2-4-6(5)14-8(16)9(11,12)13/h5-6H,1-4H2,(H,14,16). The molecule has 0 saturated heterocycles. The van der Waals surface area contributed by atoms with Gasteiger partial charge in [-0.3, -0.25) is 9.59 Å². The molecule has 1 aliphatic rings. The Balaban J connectivity index is 2.63. The molecule has 0 aromatic carbocycles. The number of amides is 1. The lowest BCUT2D eigenvalue weighted by Gasteiger charge is -2.29. The highest BCUT2D eigenvalue weighted by molar-refractivity contribution is 6.64. The minimum absolute atomic E-state index is 0.352. The fourth-order valence-corrected chi connectivity index (χ4v) is 2.09. The molecule has 0 heterocycles. The van der Waals surface area contributed by atoms with E-state index in [9.17, 15) is 22.8 Å². The molecule has 0 bridgehead atoms. The molecule has 0 aromatic rings. The number of carbonyl (C=O) groups is 2. The fourth-order valence-electron chi connectivity index (χ4n) is 1.83. The van der Waals surface area contributed by atoms with Gasteiger partial charge in [0.2, 0.25) is 5.24 Å². The highest BCUT2D eigenvalue weighted by atomic mass is 35.5. The number of rotatable bonds is 2. The van der Waals surface area contributed by atoms with Crippen LogP contribution in [0.4, 0.5) is 13.2 Å². The zero-order valence-corrected chi connectivity index (χ0v) is 9.07. The number of alkyl halides is 3. The second-order valence-electron chi connectivity index (χ2n) is 3.77. The maximum atomic E-state index is 12.0. The smallest absolute Gasteiger partial charge is 0.345 e. The molecule has 1 fully saturated rings. The van der Waals surface area contributed by atoms with E-state index in [1.165, 1.54) is 0 Å². The molecule has 1 N–H and O–H groups in total. The minimum atomic E-state index is -4.92. The predicted molar refractivity (Wildman–Crippen MR) is 50.8 cm³/mol. The van der Waals surface area contributed by atoms with Gasteiger partial charge >= 0.3 is 12.1 Å². The molecule has 92 valence electrons. The molecule has 0 spiro atoms. The molecule has 1 saturated carbocycles. The molecule has 1 amide bonds. The maximum Gasteiger partial charge on any atom is 0.471 e. The van der Waals surface area contributed by atoms with Gasteiger partial charge in [-0.05, 0) is 24.4 Å². The summed E-state index contributed by atoms with van der Waals surface area (Å²) in [5.74, 6) is -2.72. The van der Waals surface area contributed by atoms with Crippen LogP contribution in [0, 0.1) is 5.92 Å². The van der Waals surface area contributed by atoms with Crippen LogP contribution in [0.25, 0.3) is 0 Å². The van der Waals surface area contributed by atoms with E-state index < -0.39 is 29.3 Å². The van der Waals surface area contributed by atoms with Crippen molar-refractivity contribution >= 4 is 22.8 Å². The number of carbonyl (C=O) groups excluding carboxylic acids is 2. The molecule has 16 heavy (non-hydrogen) atoms. The van der Waals surface area contributed by atoms with E-state index in [-0.39, 0.29) is 0 Å². The van der Waals surface area contributed by atoms with E-state index in [1.54, 1.807) is 0 Å². The summed E-state index contributed by atoms with van der Waals surface area (Å²) in [5, 5.41) is 1.13. The highest BCUT2D eigenvalue weighted by Crippen LogP contribution is 2.27. The van der Waals surface area contributed by atoms with Crippen LogP contribution in [0.15, 0.2) is 0 Å². The number of hydrogen-bond acceptors (Lipinski definition) is 2. The second-order valence-corrected chi connectivity index (χ2v) is 4.15. The van der Waals surface area contributed by atoms with Gasteiger partial charge in [-0.15, -0.1) is 0 Å². The quantitative estimate of drug-likeness (QED) is 0.769. The Morgan fingerprint density at radius 1 is 1.19 bits per heavy atom. The third-order valence-corrected chi connectivity index (χ3v) is 2.91. The van der Waals surface area contributed by atoms with Crippen LogP contribution in [0.5, 0.6) is 0 Å². The Hall–Kier alpha value is -0.780. The van der Waals surface area contributed by atoms with Crippen LogP contribution in [-0.4, -0.2) is 23.4 Å². The summed E-state index contributed by atoms with van der Waals surface area (Å²) in [5.41, 5.74) is 0. The van der Waals surface area contributed by atoms with Crippen molar-refractivity contribution in [3.63, 3.8) is 0 Å². The highest BCUT2D eigenvalue weighted by Gasteiger charge is 2.42. The largest absolute Gasteiger partial charge is 0.471 e. The zero-order valence-electron chi connectivity index (χ0n) is 8.31. The lowest BCUT2D eigenvalue weighted by atomic mass is 9.85. The van der Waals surface area contributed by atoms with Crippen molar-refractivity contribution in [2.24, 2.45) is 5.92 Å². The maximum absolute atomic E-state index is 12.0. The van der Waals surface area contributed by atoms with Gasteiger partial charge < -0.3 is 5.32 Å². The Morgan fingerprint density at radius 3 is 2.25 bits per heavy atom. The predicted octanol–water partition coefficient (Wildman–Crippen LogP) is 1.99. The van der Waals surface area contributed by atoms with Crippen molar-refractivity contribution < 1.29 is 22.8 Å². The zero-order chi connectivity index (χ0) is 12.3. The first-order valence-electron chi connectivity index (χ1n) is 4.89. The van der Waals surface area contributed by atoms with Crippen LogP contribution in [0.2, 0.25) is 0 Å². The number of halogens is 4. The molecule has 0 radical (unpaired) electrons. The van der Waals surface area contributed by atoms with Crippen LogP contribution >= 0.6 is 11.6 Å². The fraction of sp³-hybridized carbons (Fsp3) is 0.778. The molecule has 1 aliphatic carbocycles. The molecule has 0 aromatic heterocycles. The van der Waals surface area contributed by atoms with Gasteiger partial charge in [0.15, 0.2) is 0 Å². The Kier molecular flexibility index (Phi) is 4.18. The number of nitrogens with one attached hydrogen (secondary N) is 1. The van der Waals surface area contributed by atoms with E-state index in [4.69, 9.17) is 11.6 Å². The van der Waals surface area contributed by atoms with Crippen LogP contribution in [-0.2, 0) is 9.59 Å². The van der Waals surface area contributed by atoms with Gasteiger partial charge in [0.05, 0.1) is 5.92 Å². The van der Waals surface area contributed by atoms with Crippen molar-refractivity contribution in [1.82, 2.24) is 5.32 Å². The molecule has 2 atom stereocenters. The summed E-state index contributed by atoms with van der Waals surface area (Å²) in [6, 6.07) is -0.798. The summed E-state index contributed by atoms with van der Waals surface area (Å²) in [6.07, 6.45) is -2.72. The molecule has 1 rings (SSSR count). The second kappa shape index (κ2) is 5.03. The van der Waals surface area contributed by atoms with Gasteiger partial charge in [-0.2, -0.15) is 13.2 Å². The first-order valence-corrected chi connectivity index (χ1v) is 5.27. The summed E-state index contributed by atoms with van der Waals surface area (Å²) >= 11 is 5.28. The molecule has 3 nitrogen and oxygen atoms in total. The summed E-state index contributed by atoms with van der Waals surface area (Å²) in [4.78, 5) is 21.7. The van der Waals surface area contributed by atoms with E-state index >= 15 is 0 Å². The van der Waals surface area contributed by atoms with Crippen molar-refractivity contribution in [2.45, 2.75) is 37.9 Å². The summed E-state index contributed by atoms with van der Waals surface area (Å²) < 4.78 is 36.0. The average Bonchev–Trinajstić information content (AvgIpc) is 2.16. The molecular formula is C9H11ClF3NO2. The number of hydrogen-bond donors (Lipinski definition) is 1. The van der Waals surface area contributed by atoms with Crippen LogP contribution in [0.3, 0.4) is 0 Å². The first-order chi connectivity index (χ1) is 7.32. The van der Waals surface area contributed by atoms with Gasteiger partial charge in [0, 0.05) is 6.04 Å². The molecule has 2 unspecified atom stereocenters. The molecular weight excluding hydrogens is 247 g/mol. The first kappa shape index (κ1) is 13.3. The topological polar surface area (TPSA) is 46.2 Å². The summed E-state index contributed by atoms with van der Waals surface area (Å²) in [7, 11) is 0. The van der Waals surface area contributed by atoms with E-state index in [1.807, 2.05) is 5.32 Å². The third-order valence-electron chi connectivity index (χ3n) is 2.63. The van der Waals surface area contributed by atoms with E-state index in [0.717, 1.165) is 6.42 Å². The molecule has 7 heteroatoms. The van der Waals surface area contributed by atoms with E-state index in [2.05, 4.69) is 0 Å². The van der Waals surface area contributed by atoms with Crippen molar-refractivity contribution in [3.8, 4) is 0 Å². The lowest BCUT2D eigenvalue weighted by molar-refractivity contribution is -0.175. The summed E-state index contributed by atoms with van der Waals surface area (Å²) in [6.45, 7) is 0. The Labute approximate surface area is 95.3 Å². The van der Waals surface area contributed by atoms with Crippen molar-refractivity contribution in [3.05, 3.63) is 0 Å². The molecule has 0 aliphatic heterocycles. The average molecular weight is 258 g/mol.